The minimum atomic E-state index is -0.530. The van der Waals surface area contributed by atoms with E-state index < -0.39 is 5.78 Å². The number of Topliss-reactive ketones (excluding diaryl/α,β-unsaturated/α-hetero) is 1. The fourth-order valence-electron chi connectivity index (χ4n) is 1.14. The first-order valence-corrected chi connectivity index (χ1v) is 4.17. The number of hydrogen-bond acceptors (Lipinski definition) is 5. The van der Waals surface area contributed by atoms with Crippen LogP contribution < -0.4 is 0 Å². The number of carbonyl (C=O) groups excluding carboxylic acids is 1. The predicted molar refractivity (Wildman–Crippen MR) is 56.8 cm³/mol. The molecule has 2 aromatic heterocycles. The Bertz CT molecular complexity index is 468. The summed E-state index contributed by atoms with van der Waals surface area (Å²) in [4.78, 5) is 11.7. The van der Waals surface area contributed by atoms with Crippen LogP contribution in [0.1, 0.15) is 23.7 Å². The lowest BCUT2D eigenvalue weighted by Gasteiger charge is -1.96. The maximum atomic E-state index is 11.7. The second kappa shape index (κ2) is 4.97. The van der Waals surface area contributed by atoms with Crippen molar-refractivity contribution in [1.82, 2.24) is 0 Å². The van der Waals surface area contributed by atoms with Gasteiger partial charge in [0.15, 0.2) is 17.2 Å². The normalized spacial score (nSPS) is 10.9. The van der Waals surface area contributed by atoms with E-state index in [1.807, 2.05) is 0 Å². The summed E-state index contributed by atoms with van der Waals surface area (Å²) in [6.07, 6.45) is 2.75. The second-order valence-corrected chi connectivity index (χ2v) is 2.73. The van der Waals surface area contributed by atoms with E-state index in [1.54, 1.807) is 12.1 Å². The molecular weight excluding hydrogens is 210 g/mol. The molecule has 0 aliphatic rings. The maximum Gasteiger partial charge on any atom is 0.253 e. The Hall–Kier alpha value is -2.30. The van der Waals surface area contributed by atoms with Crippen LogP contribution in [0.2, 0.25) is 0 Å². The molecule has 0 saturated carbocycles. The molecule has 0 radical (unpaired) electrons. The zero-order valence-electron chi connectivity index (χ0n) is 7.58. The fourth-order valence-corrected chi connectivity index (χ4v) is 1.14. The van der Waals surface area contributed by atoms with E-state index in [-0.39, 0.29) is 24.7 Å². The summed E-state index contributed by atoms with van der Waals surface area (Å²) in [5, 5.41) is 11.6. The van der Waals surface area contributed by atoms with Gasteiger partial charge in [-0.25, -0.2) is 0 Å². The first-order valence-electron chi connectivity index (χ1n) is 4.17. The highest BCUT2D eigenvalue weighted by Crippen LogP contribution is 2.09. The van der Waals surface area contributed by atoms with Crippen molar-refractivity contribution in [3.8, 4) is 0 Å². The Morgan fingerprint density at radius 2 is 1.69 bits per heavy atom. The van der Waals surface area contributed by atoms with E-state index in [0.29, 0.717) is 0 Å². The lowest BCUT2D eigenvalue weighted by atomic mass is 10.1. The SMILES string of the molecule is C.O=C(C(=NO)c1ccco1)c1ccco1. The van der Waals surface area contributed by atoms with Gasteiger partial charge in [-0.3, -0.25) is 4.79 Å². The molecule has 2 aromatic rings. The van der Waals surface area contributed by atoms with Crippen molar-refractivity contribution in [1.29, 1.82) is 0 Å². The Labute approximate surface area is 92.0 Å². The van der Waals surface area contributed by atoms with Crippen LogP contribution in [0.3, 0.4) is 0 Å². The fraction of sp³-hybridized carbons (Fsp3) is 0.0909. The van der Waals surface area contributed by atoms with Crippen LogP contribution in [0.25, 0.3) is 0 Å². The van der Waals surface area contributed by atoms with Gasteiger partial charge in [-0.1, -0.05) is 12.6 Å². The molecule has 0 aliphatic carbocycles. The molecule has 1 N–H and O–H groups in total. The molecule has 5 nitrogen and oxygen atoms in total. The molecule has 84 valence electrons. The van der Waals surface area contributed by atoms with Crippen LogP contribution in [-0.4, -0.2) is 16.7 Å². The van der Waals surface area contributed by atoms with Gasteiger partial charge in [-0.2, -0.15) is 0 Å². The summed E-state index contributed by atoms with van der Waals surface area (Å²) in [6, 6.07) is 6.17. The Balaban J connectivity index is 0.00000128. The smallest absolute Gasteiger partial charge is 0.253 e. The molecule has 16 heavy (non-hydrogen) atoms. The van der Waals surface area contributed by atoms with Gasteiger partial charge in [0.25, 0.3) is 5.78 Å². The van der Waals surface area contributed by atoms with Crippen molar-refractivity contribution in [3.63, 3.8) is 0 Å². The van der Waals surface area contributed by atoms with Gasteiger partial charge in [0.2, 0.25) is 0 Å². The average molecular weight is 221 g/mol. The van der Waals surface area contributed by atoms with Crippen molar-refractivity contribution in [2.24, 2.45) is 5.16 Å². The molecule has 0 spiro atoms. The third kappa shape index (κ3) is 2.03. The summed E-state index contributed by atoms with van der Waals surface area (Å²) in [7, 11) is 0. The molecular formula is C11H11NO4. The summed E-state index contributed by atoms with van der Waals surface area (Å²) in [5.74, 6) is -0.240. The summed E-state index contributed by atoms with van der Waals surface area (Å²) >= 11 is 0. The Morgan fingerprint density at radius 3 is 2.12 bits per heavy atom. The highest BCUT2D eigenvalue weighted by Gasteiger charge is 2.21. The molecule has 0 bridgehead atoms. The monoisotopic (exact) mass is 221 g/mol. The van der Waals surface area contributed by atoms with E-state index in [4.69, 9.17) is 14.0 Å². The van der Waals surface area contributed by atoms with Crippen LogP contribution in [0.4, 0.5) is 0 Å². The Kier molecular flexibility index (Phi) is 3.66. The largest absolute Gasteiger partial charge is 0.462 e. The lowest BCUT2D eigenvalue weighted by Crippen LogP contribution is -2.14. The lowest BCUT2D eigenvalue weighted by molar-refractivity contribution is 0.103. The van der Waals surface area contributed by atoms with Crippen molar-refractivity contribution in [2.45, 2.75) is 7.43 Å². The number of carbonyl (C=O) groups is 1. The van der Waals surface area contributed by atoms with Gasteiger partial charge in [0.05, 0.1) is 12.5 Å². The molecule has 0 aliphatic heterocycles. The highest BCUT2D eigenvalue weighted by atomic mass is 16.4. The standard InChI is InChI=1S/C10H7NO4.CH4/c12-10(8-4-2-6-15-8)9(11-13)7-3-1-5-14-7;/h1-6,13H;1H4. The van der Waals surface area contributed by atoms with Crippen LogP contribution >= 0.6 is 0 Å². The van der Waals surface area contributed by atoms with Gasteiger partial charge in [-0.05, 0) is 24.3 Å². The van der Waals surface area contributed by atoms with Crippen LogP contribution in [0.5, 0.6) is 0 Å². The number of hydrogen-bond donors (Lipinski definition) is 1. The second-order valence-electron chi connectivity index (χ2n) is 2.73. The third-order valence-electron chi connectivity index (χ3n) is 1.81. The first kappa shape index (κ1) is 11.8. The molecule has 0 aromatic carbocycles. The molecule has 0 amide bonds. The van der Waals surface area contributed by atoms with Gasteiger partial charge in [0.1, 0.15) is 0 Å². The number of nitrogens with zero attached hydrogens (tertiary/aromatic N) is 1. The molecule has 0 unspecified atom stereocenters. The number of furan rings is 2. The Morgan fingerprint density at radius 1 is 1.12 bits per heavy atom. The van der Waals surface area contributed by atoms with E-state index in [2.05, 4.69) is 5.16 Å². The minimum absolute atomic E-state index is 0. The average Bonchev–Trinajstić information content (AvgIpc) is 2.91. The van der Waals surface area contributed by atoms with Crippen molar-refractivity contribution in [3.05, 3.63) is 48.3 Å². The van der Waals surface area contributed by atoms with Gasteiger partial charge in [-0.15, -0.1) is 0 Å². The van der Waals surface area contributed by atoms with Crippen molar-refractivity contribution in [2.75, 3.05) is 0 Å². The van der Waals surface area contributed by atoms with Gasteiger partial charge in [0, 0.05) is 0 Å². The van der Waals surface area contributed by atoms with Crippen molar-refractivity contribution < 1.29 is 18.8 Å². The van der Waals surface area contributed by atoms with E-state index >= 15 is 0 Å². The molecule has 0 saturated heterocycles. The molecule has 5 heteroatoms. The van der Waals surface area contributed by atoms with Crippen LogP contribution in [0.15, 0.2) is 50.8 Å². The molecule has 2 heterocycles. The maximum absolute atomic E-state index is 11.7. The van der Waals surface area contributed by atoms with Crippen molar-refractivity contribution >= 4 is 11.5 Å². The molecule has 0 fully saturated rings. The highest BCUT2D eigenvalue weighted by molar-refractivity contribution is 6.50. The summed E-state index contributed by atoms with van der Waals surface area (Å²) < 4.78 is 9.85. The molecule has 2 rings (SSSR count). The van der Waals surface area contributed by atoms with Crippen LogP contribution in [0, 0.1) is 0 Å². The quantitative estimate of drug-likeness (QED) is 0.374. The van der Waals surface area contributed by atoms with E-state index in [1.165, 1.54) is 24.7 Å². The summed E-state index contributed by atoms with van der Waals surface area (Å²) in [6.45, 7) is 0. The van der Waals surface area contributed by atoms with E-state index in [9.17, 15) is 4.79 Å². The zero-order chi connectivity index (χ0) is 10.7. The topological polar surface area (TPSA) is 75.9 Å². The number of oxime groups is 1. The zero-order valence-corrected chi connectivity index (χ0v) is 7.58. The third-order valence-corrected chi connectivity index (χ3v) is 1.81. The predicted octanol–water partition coefficient (Wildman–Crippen LogP) is 2.57. The van der Waals surface area contributed by atoms with E-state index in [0.717, 1.165) is 0 Å². The minimum Gasteiger partial charge on any atom is -0.462 e. The van der Waals surface area contributed by atoms with Gasteiger partial charge >= 0.3 is 0 Å². The van der Waals surface area contributed by atoms with Gasteiger partial charge < -0.3 is 14.0 Å². The number of ketones is 1. The molecule has 0 atom stereocenters. The van der Waals surface area contributed by atoms with Crippen LogP contribution in [-0.2, 0) is 0 Å². The summed E-state index contributed by atoms with van der Waals surface area (Å²) in [5.41, 5.74) is -0.185. The first-order chi connectivity index (χ1) is 7.33. The number of rotatable bonds is 3.